The number of aliphatic imine (C=N–C) groups is 1. The number of ether oxygens (including phenoxy) is 1. The Morgan fingerprint density at radius 2 is 1.24 bits per heavy atom. The minimum absolute atomic E-state index is 0.210. The van der Waals surface area contributed by atoms with E-state index in [1.165, 1.54) is 32.8 Å². The maximum absolute atomic E-state index is 16.4. The number of rotatable bonds is 16. The maximum atomic E-state index is 16.4. The van der Waals surface area contributed by atoms with Crippen molar-refractivity contribution in [3.8, 4) is 0 Å². The molecule has 9 rings (SSSR count). The van der Waals surface area contributed by atoms with Crippen LogP contribution >= 0.6 is 0 Å². The number of halogens is 4. The molecule has 3 aliphatic heterocycles. The number of carbonyl (C=O) groups is 5. The van der Waals surface area contributed by atoms with Crippen LogP contribution in [-0.4, -0.2) is 157 Å². The van der Waals surface area contributed by atoms with Crippen LogP contribution in [-0.2, 0) is 34.7 Å². The molecule has 0 spiro atoms. The van der Waals surface area contributed by atoms with Crippen molar-refractivity contribution in [1.82, 2.24) is 30.2 Å². The highest BCUT2D eigenvalue weighted by molar-refractivity contribution is 5.91. The van der Waals surface area contributed by atoms with Crippen LogP contribution in [0.1, 0.15) is 91.4 Å². The third-order valence-electron chi connectivity index (χ3n) is 15.7. The van der Waals surface area contributed by atoms with E-state index in [1.807, 2.05) is 39.1 Å². The lowest BCUT2D eigenvalue weighted by Crippen LogP contribution is -2.50. The lowest BCUT2D eigenvalue weighted by atomic mass is 9.92. The van der Waals surface area contributed by atoms with Gasteiger partial charge in [-0.1, -0.05) is 98.8 Å². The molecule has 5 fully saturated rings. The van der Waals surface area contributed by atoms with Gasteiger partial charge in [0.25, 0.3) is 11.8 Å². The Morgan fingerprint density at radius 1 is 0.733 bits per heavy atom. The lowest BCUT2D eigenvalue weighted by molar-refractivity contribution is -0.384. The molecule has 4 aromatic carbocycles. The molecule has 396 valence electrons. The first-order valence-electron chi connectivity index (χ1n) is 25.6. The SMILES string of the molecule is CN1CCN(C(=O)OCC(=O)N2C[C@H](F)C[C@H]2C(=O)N[C@@H](c2ccccc2)c2ccc(C3(C)CC3N=C[N+](=CN)CC(=O)N3C[C@H](F)C[C@H]3C(=O)N[C@@H](c3ccccc3)c3ccc(C4(C)CC4)c(F)c3)c(F)c2)CC1. The first-order chi connectivity index (χ1) is 35.9. The van der Waals surface area contributed by atoms with Gasteiger partial charge < -0.3 is 40.7 Å². The Hall–Kier alpha value is -7.15. The third kappa shape index (κ3) is 11.7. The number of likely N-dealkylation sites (N-methyl/N-ethyl adjacent to an activating group) is 1. The molecule has 15 nitrogen and oxygen atoms in total. The molecule has 8 atom stereocenters. The zero-order chi connectivity index (χ0) is 53.2. The molecule has 2 unspecified atom stereocenters. The van der Waals surface area contributed by atoms with E-state index < -0.39 is 90.1 Å². The summed E-state index contributed by atoms with van der Waals surface area (Å²) in [5, 5.41) is 5.90. The quantitative estimate of drug-likeness (QED) is 0.0576. The number of likely N-dealkylation sites (tertiary alicyclic amines) is 2. The summed E-state index contributed by atoms with van der Waals surface area (Å²) in [5.74, 6) is -3.45. The van der Waals surface area contributed by atoms with E-state index in [0.717, 1.165) is 24.1 Å². The summed E-state index contributed by atoms with van der Waals surface area (Å²) in [5.41, 5.74) is 8.16. The summed E-state index contributed by atoms with van der Waals surface area (Å²) >= 11 is 0. The second-order valence-electron chi connectivity index (χ2n) is 21.1. The molecule has 2 aliphatic carbocycles. The van der Waals surface area contributed by atoms with Gasteiger partial charge in [-0.2, -0.15) is 0 Å². The van der Waals surface area contributed by atoms with Gasteiger partial charge in [-0.15, -0.1) is 4.99 Å². The number of nitrogens with one attached hydrogen (secondary N) is 2. The number of amides is 5. The Kier molecular flexibility index (Phi) is 15.4. The van der Waals surface area contributed by atoms with E-state index in [9.17, 15) is 28.4 Å². The van der Waals surface area contributed by atoms with Crippen molar-refractivity contribution in [2.45, 2.75) is 99.3 Å². The van der Waals surface area contributed by atoms with Gasteiger partial charge in [0.2, 0.25) is 18.2 Å². The Balaban J connectivity index is 0.834. The van der Waals surface area contributed by atoms with Crippen molar-refractivity contribution >= 4 is 42.4 Å². The number of piperazine rings is 1. The third-order valence-corrected chi connectivity index (χ3v) is 15.7. The van der Waals surface area contributed by atoms with Crippen LogP contribution < -0.4 is 16.4 Å². The Bertz CT molecular complexity index is 2850. The van der Waals surface area contributed by atoms with Gasteiger partial charge in [-0.3, -0.25) is 19.2 Å². The van der Waals surface area contributed by atoms with Crippen LogP contribution in [0.15, 0.2) is 102 Å². The van der Waals surface area contributed by atoms with Gasteiger partial charge in [0, 0.05) is 44.4 Å². The number of benzene rings is 4. The highest BCUT2D eigenvalue weighted by Gasteiger charge is 2.56. The van der Waals surface area contributed by atoms with Crippen molar-refractivity contribution in [3.05, 3.63) is 142 Å². The average molecular weight is 1040 g/mol. The highest BCUT2D eigenvalue weighted by atomic mass is 19.1. The molecule has 2 saturated carbocycles. The van der Waals surface area contributed by atoms with Gasteiger partial charge in [-0.05, 0) is 77.2 Å². The van der Waals surface area contributed by atoms with Gasteiger partial charge >= 0.3 is 6.09 Å². The largest absolute Gasteiger partial charge is 0.439 e. The molecule has 0 bridgehead atoms. The van der Waals surface area contributed by atoms with Crippen LogP contribution in [0.25, 0.3) is 0 Å². The Labute approximate surface area is 433 Å². The summed E-state index contributed by atoms with van der Waals surface area (Å²) in [6, 6.07) is 23.1. The van der Waals surface area contributed by atoms with Crippen LogP contribution in [0.2, 0.25) is 0 Å². The fourth-order valence-electron chi connectivity index (χ4n) is 10.6. The number of hydrogen-bond donors (Lipinski definition) is 3. The van der Waals surface area contributed by atoms with Gasteiger partial charge in [0.15, 0.2) is 12.9 Å². The Morgan fingerprint density at radius 3 is 1.73 bits per heavy atom. The van der Waals surface area contributed by atoms with Crippen molar-refractivity contribution in [3.63, 3.8) is 0 Å². The fourth-order valence-corrected chi connectivity index (χ4v) is 10.6. The van der Waals surface area contributed by atoms with Gasteiger partial charge in [0.1, 0.15) is 48.6 Å². The first kappa shape index (κ1) is 52.7. The summed E-state index contributed by atoms with van der Waals surface area (Å²) in [4.78, 5) is 78.3. The molecule has 19 heteroatoms. The van der Waals surface area contributed by atoms with E-state index in [1.54, 1.807) is 66.7 Å². The summed E-state index contributed by atoms with van der Waals surface area (Å²) in [7, 11) is 1.94. The molecule has 3 saturated heterocycles. The van der Waals surface area contributed by atoms with E-state index in [4.69, 9.17) is 10.5 Å². The molecular formula is C56H64F4N9O6+. The molecule has 3 heterocycles. The van der Waals surface area contributed by atoms with Crippen molar-refractivity contribution in [2.75, 3.05) is 59.5 Å². The van der Waals surface area contributed by atoms with Gasteiger partial charge in [-0.25, -0.2) is 26.9 Å². The van der Waals surface area contributed by atoms with E-state index in [2.05, 4.69) is 20.5 Å². The molecule has 0 radical (unpaired) electrons. The van der Waals surface area contributed by atoms with Crippen LogP contribution in [0.5, 0.6) is 0 Å². The normalized spacial score (nSPS) is 25.2. The second-order valence-corrected chi connectivity index (χ2v) is 21.1. The van der Waals surface area contributed by atoms with E-state index in [-0.39, 0.29) is 43.7 Å². The summed E-state index contributed by atoms with van der Waals surface area (Å²) in [6.07, 6.45) is 0.601. The molecule has 4 N–H and O–H groups in total. The van der Waals surface area contributed by atoms with E-state index >= 15 is 13.2 Å². The standard InChI is InChI=1S/C56H63F4N9O6/c1-55(18-19-55)41-16-14-37(24-43(41)59)50(35-10-6-4-7-11-35)63-52(72)45-26-39(57)29-68(45)48(70)31-66(33-61)34-62-47-28-56(47,2)42-17-15-38(25-44(42)60)51(36-12-8-5-9-13-36)64-53(73)46-27-40(58)30-69(46)49(71)32-75-54(74)67-22-20-65(3)21-23-67/h4-17,24-25,33-34,39-40,45-47,50-51,61H,18-23,26-32H2,1-3H3,(H2,63,64,72,73)/p+1/t39-,40-,45+,46+,47?,50+,51+,56?/m1/s1. The topological polar surface area (TPSA) is 173 Å². The number of nitrogens with two attached hydrogens (primary N) is 1. The minimum atomic E-state index is -1.49. The highest BCUT2D eigenvalue weighted by Crippen LogP contribution is 2.51. The summed E-state index contributed by atoms with van der Waals surface area (Å²) < 4.78 is 68.6. The van der Waals surface area contributed by atoms with Crippen molar-refractivity contribution in [1.29, 1.82) is 0 Å². The molecule has 0 aromatic heterocycles. The average Bonchev–Trinajstić information content (AvgIpc) is 4.21. The predicted octanol–water partition coefficient (Wildman–Crippen LogP) is 5.45. The smallest absolute Gasteiger partial charge is 0.410 e. The van der Waals surface area contributed by atoms with Gasteiger partial charge in [0.05, 0.1) is 25.2 Å². The molecule has 5 aliphatic rings. The summed E-state index contributed by atoms with van der Waals surface area (Å²) in [6.45, 7) is 4.35. The van der Waals surface area contributed by atoms with Crippen LogP contribution in [0.3, 0.4) is 0 Å². The monoisotopic (exact) mass is 1030 g/mol. The second kappa shape index (κ2) is 22.0. The van der Waals surface area contributed by atoms with Crippen LogP contribution in [0.4, 0.5) is 22.4 Å². The number of hydrogen-bond acceptors (Lipinski definition) is 8. The van der Waals surface area contributed by atoms with E-state index in [0.29, 0.717) is 66.0 Å². The van der Waals surface area contributed by atoms with Crippen molar-refractivity contribution in [2.24, 2.45) is 10.7 Å². The maximum Gasteiger partial charge on any atom is 0.410 e. The predicted molar refractivity (Wildman–Crippen MR) is 272 cm³/mol. The number of nitrogens with zero attached hydrogens (tertiary/aromatic N) is 6. The molecular weight excluding hydrogens is 971 g/mol. The molecule has 4 aromatic rings. The van der Waals surface area contributed by atoms with Crippen molar-refractivity contribution < 1.29 is 50.8 Å². The zero-order valence-corrected chi connectivity index (χ0v) is 42.3. The lowest BCUT2D eigenvalue weighted by Gasteiger charge is -2.32. The zero-order valence-electron chi connectivity index (χ0n) is 42.3. The molecule has 75 heavy (non-hydrogen) atoms. The number of carbonyl (C=O) groups excluding carboxylic acids is 5. The molecule has 5 amide bonds. The minimum Gasteiger partial charge on any atom is -0.439 e. The van der Waals surface area contributed by atoms with Crippen LogP contribution in [0, 0.1) is 11.6 Å². The first-order valence-corrected chi connectivity index (χ1v) is 25.6. The number of alkyl halides is 2. The fraction of sp³-hybridized carbons (Fsp3) is 0.446.